The standard InChI is InChI=1S/C17H19BrN2O4/c1-2-3-7-13(17(23)24)19-16(22)11-9-15(21)20(10-11)14-8-5-4-6-12(14)18/h2-6,8,11,13H,7,9-10H2,1H3,(H,19,22)(H,23,24)/b3-2+. The molecule has 1 aliphatic rings. The second-order valence-electron chi connectivity index (χ2n) is 5.56. The Hall–Kier alpha value is -2.15. The molecule has 1 aromatic rings. The lowest BCUT2D eigenvalue weighted by Gasteiger charge is -2.19. The summed E-state index contributed by atoms with van der Waals surface area (Å²) in [5.74, 6) is -2.21. The molecule has 2 unspecified atom stereocenters. The van der Waals surface area contributed by atoms with Gasteiger partial charge in [0.25, 0.3) is 0 Å². The number of nitrogens with one attached hydrogen (secondary N) is 1. The van der Waals surface area contributed by atoms with Crippen LogP contribution in [0.4, 0.5) is 5.69 Å². The van der Waals surface area contributed by atoms with Crippen molar-refractivity contribution in [2.45, 2.75) is 25.8 Å². The molecular formula is C17H19BrN2O4. The van der Waals surface area contributed by atoms with E-state index in [0.717, 1.165) is 4.47 Å². The van der Waals surface area contributed by atoms with E-state index in [-0.39, 0.29) is 25.3 Å². The molecule has 6 nitrogen and oxygen atoms in total. The van der Waals surface area contributed by atoms with E-state index in [4.69, 9.17) is 0 Å². The lowest BCUT2D eigenvalue weighted by molar-refractivity contribution is -0.142. The second-order valence-corrected chi connectivity index (χ2v) is 6.42. The monoisotopic (exact) mass is 394 g/mol. The lowest BCUT2D eigenvalue weighted by atomic mass is 10.1. The number of carboxylic acids is 1. The molecule has 0 saturated carbocycles. The van der Waals surface area contributed by atoms with E-state index in [9.17, 15) is 19.5 Å². The van der Waals surface area contributed by atoms with E-state index < -0.39 is 23.8 Å². The normalized spacial score (nSPS) is 18.8. The summed E-state index contributed by atoms with van der Waals surface area (Å²) in [4.78, 5) is 37.3. The summed E-state index contributed by atoms with van der Waals surface area (Å²) in [5, 5.41) is 11.7. The van der Waals surface area contributed by atoms with Gasteiger partial charge >= 0.3 is 5.97 Å². The maximum atomic E-state index is 12.3. The third-order valence-electron chi connectivity index (χ3n) is 3.86. The Morgan fingerprint density at radius 3 is 2.79 bits per heavy atom. The molecule has 1 saturated heterocycles. The molecule has 1 aromatic carbocycles. The Labute approximate surface area is 148 Å². The topological polar surface area (TPSA) is 86.7 Å². The summed E-state index contributed by atoms with van der Waals surface area (Å²) >= 11 is 3.40. The lowest BCUT2D eigenvalue weighted by Crippen LogP contribution is -2.44. The molecule has 0 aliphatic carbocycles. The molecular weight excluding hydrogens is 376 g/mol. The Bertz CT molecular complexity index is 674. The number of carboxylic acid groups (broad SMARTS) is 1. The van der Waals surface area contributed by atoms with Gasteiger partial charge in [0.05, 0.1) is 11.6 Å². The zero-order valence-corrected chi connectivity index (χ0v) is 14.8. The van der Waals surface area contributed by atoms with Gasteiger partial charge in [-0.2, -0.15) is 0 Å². The highest BCUT2D eigenvalue weighted by molar-refractivity contribution is 9.10. The minimum atomic E-state index is -1.09. The van der Waals surface area contributed by atoms with Crippen molar-refractivity contribution in [3.8, 4) is 0 Å². The summed E-state index contributed by atoms with van der Waals surface area (Å²) in [5.41, 5.74) is 0.710. The molecule has 0 spiro atoms. The molecule has 7 heteroatoms. The van der Waals surface area contributed by atoms with Crippen LogP contribution in [-0.2, 0) is 14.4 Å². The van der Waals surface area contributed by atoms with Gasteiger partial charge in [-0.1, -0.05) is 24.3 Å². The average molecular weight is 395 g/mol. The van der Waals surface area contributed by atoms with E-state index >= 15 is 0 Å². The molecule has 1 heterocycles. The van der Waals surface area contributed by atoms with Gasteiger partial charge in [0, 0.05) is 17.4 Å². The van der Waals surface area contributed by atoms with Gasteiger partial charge in [0.15, 0.2) is 0 Å². The largest absolute Gasteiger partial charge is 0.480 e. The number of nitrogens with zero attached hydrogens (tertiary/aromatic N) is 1. The first-order chi connectivity index (χ1) is 11.4. The van der Waals surface area contributed by atoms with Crippen molar-refractivity contribution in [3.05, 3.63) is 40.9 Å². The van der Waals surface area contributed by atoms with Gasteiger partial charge in [0.1, 0.15) is 6.04 Å². The number of carbonyl (C=O) groups excluding carboxylic acids is 2. The fourth-order valence-electron chi connectivity index (χ4n) is 2.57. The number of para-hydroxylation sites is 1. The van der Waals surface area contributed by atoms with E-state index in [1.165, 1.54) is 0 Å². The Morgan fingerprint density at radius 2 is 2.17 bits per heavy atom. The van der Waals surface area contributed by atoms with Crippen molar-refractivity contribution < 1.29 is 19.5 Å². The van der Waals surface area contributed by atoms with Crippen LogP contribution < -0.4 is 10.2 Å². The van der Waals surface area contributed by atoms with Crippen LogP contribution in [0.25, 0.3) is 0 Å². The molecule has 1 aliphatic heterocycles. The summed E-state index contributed by atoms with van der Waals surface area (Å²) in [7, 11) is 0. The van der Waals surface area contributed by atoms with E-state index in [2.05, 4.69) is 21.2 Å². The zero-order valence-electron chi connectivity index (χ0n) is 13.2. The number of hydrogen-bond acceptors (Lipinski definition) is 3. The van der Waals surface area contributed by atoms with Gasteiger partial charge in [-0.3, -0.25) is 9.59 Å². The number of aliphatic carboxylic acids is 1. The highest BCUT2D eigenvalue weighted by Gasteiger charge is 2.36. The summed E-state index contributed by atoms with van der Waals surface area (Å²) in [6, 6.07) is 6.30. The van der Waals surface area contributed by atoms with Crippen LogP contribution in [-0.4, -0.2) is 35.5 Å². The van der Waals surface area contributed by atoms with Crippen molar-refractivity contribution in [2.24, 2.45) is 5.92 Å². The fourth-order valence-corrected chi connectivity index (χ4v) is 3.07. The van der Waals surface area contributed by atoms with E-state index in [0.29, 0.717) is 5.69 Å². The van der Waals surface area contributed by atoms with Crippen LogP contribution in [0.15, 0.2) is 40.9 Å². The third kappa shape index (κ3) is 4.23. The number of anilines is 1. The Kier molecular flexibility index (Phi) is 6.14. The number of carbonyl (C=O) groups is 3. The van der Waals surface area contributed by atoms with Gasteiger partial charge < -0.3 is 15.3 Å². The zero-order chi connectivity index (χ0) is 17.7. The van der Waals surface area contributed by atoms with E-state index in [1.807, 2.05) is 18.2 Å². The van der Waals surface area contributed by atoms with Crippen LogP contribution in [0.5, 0.6) is 0 Å². The molecule has 24 heavy (non-hydrogen) atoms. The third-order valence-corrected chi connectivity index (χ3v) is 4.53. The number of rotatable bonds is 6. The van der Waals surface area contributed by atoms with Crippen molar-refractivity contribution in [2.75, 3.05) is 11.4 Å². The van der Waals surface area contributed by atoms with Crippen LogP contribution in [0.2, 0.25) is 0 Å². The molecule has 0 radical (unpaired) electrons. The van der Waals surface area contributed by atoms with Crippen molar-refractivity contribution in [3.63, 3.8) is 0 Å². The van der Waals surface area contributed by atoms with Gasteiger partial charge in [-0.25, -0.2) is 4.79 Å². The Morgan fingerprint density at radius 1 is 1.46 bits per heavy atom. The van der Waals surface area contributed by atoms with Crippen molar-refractivity contribution in [1.29, 1.82) is 0 Å². The van der Waals surface area contributed by atoms with Gasteiger partial charge in [-0.05, 0) is 41.4 Å². The smallest absolute Gasteiger partial charge is 0.326 e. The first-order valence-electron chi connectivity index (χ1n) is 7.63. The quantitative estimate of drug-likeness (QED) is 0.724. The minimum absolute atomic E-state index is 0.0725. The molecule has 0 aromatic heterocycles. The van der Waals surface area contributed by atoms with Crippen LogP contribution >= 0.6 is 15.9 Å². The highest BCUT2D eigenvalue weighted by Crippen LogP contribution is 2.31. The van der Waals surface area contributed by atoms with Gasteiger partial charge in [0.2, 0.25) is 11.8 Å². The number of halogens is 1. The minimum Gasteiger partial charge on any atom is -0.480 e. The highest BCUT2D eigenvalue weighted by atomic mass is 79.9. The number of hydrogen-bond donors (Lipinski definition) is 2. The molecule has 2 amide bonds. The predicted molar refractivity (Wildman–Crippen MR) is 93.6 cm³/mol. The number of amides is 2. The molecule has 1 fully saturated rings. The average Bonchev–Trinajstić information content (AvgIpc) is 2.93. The summed E-state index contributed by atoms with van der Waals surface area (Å²) in [6.07, 6.45) is 3.71. The molecule has 2 N–H and O–H groups in total. The van der Waals surface area contributed by atoms with Crippen LogP contribution in [0, 0.1) is 5.92 Å². The second kappa shape index (κ2) is 8.10. The molecule has 128 valence electrons. The first kappa shape index (κ1) is 18.2. The number of benzene rings is 1. The summed E-state index contributed by atoms with van der Waals surface area (Å²) < 4.78 is 0.774. The molecule has 0 bridgehead atoms. The van der Waals surface area contributed by atoms with Crippen LogP contribution in [0.3, 0.4) is 0 Å². The molecule has 2 rings (SSSR count). The first-order valence-corrected chi connectivity index (χ1v) is 8.42. The van der Waals surface area contributed by atoms with E-state index in [1.54, 1.807) is 30.0 Å². The maximum Gasteiger partial charge on any atom is 0.326 e. The Balaban J connectivity index is 2.06. The molecule has 2 atom stereocenters. The summed E-state index contributed by atoms with van der Waals surface area (Å²) in [6.45, 7) is 2.02. The predicted octanol–water partition coefficient (Wildman–Crippen LogP) is 2.34. The van der Waals surface area contributed by atoms with Crippen molar-refractivity contribution >= 4 is 39.4 Å². The SMILES string of the molecule is C/C=C/CC(NC(=O)C1CC(=O)N(c2ccccc2Br)C1)C(=O)O. The number of allylic oxidation sites excluding steroid dienone is 1. The van der Waals surface area contributed by atoms with Crippen LogP contribution in [0.1, 0.15) is 19.8 Å². The van der Waals surface area contributed by atoms with Gasteiger partial charge in [-0.15, -0.1) is 0 Å². The maximum absolute atomic E-state index is 12.3. The van der Waals surface area contributed by atoms with Crippen molar-refractivity contribution in [1.82, 2.24) is 5.32 Å². The fraction of sp³-hybridized carbons (Fsp3) is 0.353.